The van der Waals surface area contributed by atoms with Crippen molar-refractivity contribution in [3.63, 3.8) is 0 Å². The molecule has 0 radical (unpaired) electrons. The Balaban J connectivity index is 1.30. The monoisotopic (exact) mass is 584 g/mol. The molecule has 0 aliphatic rings. The second-order valence-electron chi connectivity index (χ2n) is 10.8. The van der Waals surface area contributed by atoms with Gasteiger partial charge in [0.2, 0.25) is 5.95 Å². The van der Waals surface area contributed by atoms with Crippen molar-refractivity contribution < 1.29 is 17.1 Å². The van der Waals surface area contributed by atoms with Gasteiger partial charge in [0.05, 0.1) is 19.3 Å². The first kappa shape index (κ1) is 19.1. The fourth-order valence-corrected chi connectivity index (χ4v) is 6.17. The number of rotatable bonds is 3. The maximum atomic E-state index is 8.95. The number of hydrogen-bond acceptors (Lipinski definition) is 5. The molecule has 6 heteroatoms. The molecule has 6 aromatic carbocycles. The van der Waals surface area contributed by atoms with E-state index in [9.17, 15) is 0 Å². The van der Waals surface area contributed by atoms with Crippen molar-refractivity contribution in [2.45, 2.75) is 0 Å². The standard InChI is InChI=1S/C39H22N4O2/c1-5-13-31-25(9-1)26-10-2-6-14-32(26)43(31)39-41-37(23-17-19-29-27-11-3-7-15-33(27)44-35(29)21-23)40-38(42-39)24-18-20-30-28-12-4-8-16-34(28)45-36(30)22-24/h1-22H/i1D,2D,9D,10D,13D,14D. The molecule has 10 rings (SSSR count). The van der Waals surface area contributed by atoms with E-state index in [-0.39, 0.29) is 75.7 Å². The molecule has 0 amide bonds. The summed E-state index contributed by atoms with van der Waals surface area (Å²) in [5.74, 6) is 0.601. The Kier molecular flexibility index (Phi) is 3.87. The van der Waals surface area contributed by atoms with Gasteiger partial charge in [-0.25, -0.2) is 4.98 Å². The molecule has 4 heterocycles. The summed E-state index contributed by atoms with van der Waals surface area (Å²) in [6.07, 6.45) is 0. The largest absolute Gasteiger partial charge is 0.456 e. The van der Waals surface area contributed by atoms with Gasteiger partial charge in [0.1, 0.15) is 22.3 Å². The lowest BCUT2D eigenvalue weighted by Gasteiger charge is -2.11. The molecule has 0 fully saturated rings. The highest BCUT2D eigenvalue weighted by Gasteiger charge is 2.19. The van der Waals surface area contributed by atoms with Gasteiger partial charge in [-0.3, -0.25) is 4.57 Å². The van der Waals surface area contributed by atoms with E-state index in [1.165, 1.54) is 16.7 Å². The molecule has 4 aromatic heterocycles. The second kappa shape index (κ2) is 9.11. The maximum absolute atomic E-state index is 8.95. The fourth-order valence-electron chi connectivity index (χ4n) is 6.17. The molecule has 0 atom stereocenters. The summed E-state index contributed by atoms with van der Waals surface area (Å²) in [5, 5.41) is 4.06. The van der Waals surface area contributed by atoms with Crippen LogP contribution in [0.4, 0.5) is 0 Å². The molecule has 210 valence electrons. The third kappa shape index (κ3) is 3.60. The van der Waals surface area contributed by atoms with E-state index in [2.05, 4.69) is 0 Å². The third-order valence-corrected chi connectivity index (χ3v) is 8.22. The molecule has 0 spiro atoms. The van der Waals surface area contributed by atoms with Gasteiger partial charge in [-0.15, -0.1) is 0 Å². The van der Waals surface area contributed by atoms with Crippen molar-refractivity contribution in [1.29, 1.82) is 0 Å². The molecule has 0 saturated heterocycles. The maximum Gasteiger partial charge on any atom is 0.238 e. The topological polar surface area (TPSA) is 69.9 Å². The molecule has 0 bridgehead atoms. The van der Waals surface area contributed by atoms with Crippen LogP contribution in [-0.2, 0) is 0 Å². The predicted molar refractivity (Wildman–Crippen MR) is 180 cm³/mol. The minimum Gasteiger partial charge on any atom is -0.456 e. The number of furan rings is 2. The van der Waals surface area contributed by atoms with Crippen molar-refractivity contribution in [1.82, 2.24) is 19.5 Å². The second-order valence-corrected chi connectivity index (χ2v) is 10.8. The van der Waals surface area contributed by atoms with Gasteiger partial charge in [-0.1, -0.05) is 84.8 Å². The Bertz CT molecular complexity index is 2930. The summed E-state index contributed by atoms with van der Waals surface area (Å²) >= 11 is 0. The molecular weight excluding hydrogens is 556 g/mol. The highest BCUT2D eigenvalue weighted by molar-refractivity contribution is 6.09. The zero-order chi connectivity index (χ0) is 34.7. The molecule has 6 nitrogen and oxygen atoms in total. The summed E-state index contributed by atoms with van der Waals surface area (Å²) in [6.45, 7) is 0. The van der Waals surface area contributed by atoms with Gasteiger partial charge in [-0.05, 0) is 48.5 Å². The third-order valence-electron chi connectivity index (χ3n) is 8.22. The lowest BCUT2D eigenvalue weighted by atomic mass is 10.1. The van der Waals surface area contributed by atoms with Gasteiger partial charge in [-0.2, -0.15) is 9.97 Å². The lowest BCUT2D eigenvalue weighted by molar-refractivity contribution is 0.668. The Hall–Kier alpha value is -6.27. The SMILES string of the molecule is [2H]c1cc([2H])c2c(c1[2H])c1c([2H])c([2H])cc([2H])c1n2-c1nc(-c2ccc3c(c2)oc2ccccc23)nc(-c2ccc3c(c2)oc2ccccc23)n1. The van der Waals surface area contributed by atoms with E-state index in [0.29, 0.717) is 22.3 Å². The summed E-state index contributed by atoms with van der Waals surface area (Å²) < 4.78 is 66.2. The molecule has 0 N–H and O–H groups in total. The summed E-state index contributed by atoms with van der Waals surface area (Å²) in [5.41, 5.74) is 4.34. The van der Waals surface area contributed by atoms with Crippen molar-refractivity contribution >= 4 is 65.7 Å². The summed E-state index contributed by atoms with van der Waals surface area (Å²) in [7, 11) is 0. The molecule has 0 aliphatic heterocycles. The number of aromatic nitrogens is 4. The quantitative estimate of drug-likeness (QED) is 0.207. The normalized spacial score (nSPS) is 13.9. The van der Waals surface area contributed by atoms with Crippen LogP contribution in [0.15, 0.2) is 142 Å². The highest BCUT2D eigenvalue weighted by atomic mass is 16.3. The van der Waals surface area contributed by atoms with Crippen molar-refractivity contribution in [3.05, 3.63) is 133 Å². The lowest BCUT2D eigenvalue weighted by Crippen LogP contribution is -2.06. The Labute approximate surface area is 264 Å². The zero-order valence-corrected chi connectivity index (χ0v) is 23.3. The average molecular weight is 585 g/mol. The van der Waals surface area contributed by atoms with Crippen LogP contribution in [0.5, 0.6) is 0 Å². The van der Waals surface area contributed by atoms with Crippen LogP contribution in [0.25, 0.3) is 94.4 Å². The van der Waals surface area contributed by atoms with Gasteiger partial charge in [0, 0.05) is 43.4 Å². The number of benzene rings is 6. The van der Waals surface area contributed by atoms with Crippen molar-refractivity contribution in [3.8, 4) is 28.7 Å². The fraction of sp³-hybridized carbons (Fsp3) is 0. The number of para-hydroxylation sites is 4. The Morgan fingerprint density at radius 3 is 1.49 bits per heavy atom. The van der Waals surface area contributed by atoms with Crippen LogP contribution in [0.1, 0.15) is 8.22 Å². The first-order valence-corrected chi connectivity index (χ1v) is 14.4. The molecule has 0 saturated carbocycles. The van der Waals surface area contributed by atoms with E-state index in [1.807, 2.05) is 84.9 Å². The van der Waals surface area contributed by atoms with Gasteiger partial charge in [0.15, 0.2) is 11.6 Å². The van der Waals surface area contributed by atoms with Crippen LogP contribution >= 0.6 is 0 Å². The predicted octanol–water partition coefficient (Wildman–Crippen LogP) is 10.1. The molecule has 10 aromatic rings. The first-order chi connectivity index (χ1) is 24.7. The number of hydrogen-bond donors (Lipinski definition) is 0. The van der Waals surface area contributed by atoms with Gasteiger partial charge in [0.25, 0.3) is 0 Å². The van der Waals surface area contributed by atoms with Crippen LogP contribution in [0.3, 0.4) is 0 Å². The number of fused-ring (bicyclic) bond motifs is 9. The molecule has 0 unspecified atom stereocenters. The Morgan fingerprint density at radius 1 is 0.467 bits per heavy atom. The van der Waals surface area contributed by atoms with Crippen LogP contribution in [0.2, 0.25) is 0 Å². The minimum atomic E-state index is -0.219. The van der Waals surface area contributed by atoms with Crippen LogP contribution in [0, 0.1) is 0 Å². The van der Waals surface area contributed by atoms with E-state index >= 15 is 0 Å². The average Bonchev–Trinajstić information content (AvgIpc) is 3.82. The van der Waals surface area contributed by atoms with E-state index in [1.54, 1.807) is 0 Å². The Morgan fingerprint density at radius 2 is 0.956 bits per heavy atom. The van der Waals surface area contributed by atoms with E-state index in [0.717, 1.165) is 32.7 Å². The first-order valence-electron chi connectivity index (χ1n) is 17.4. The molecule has 0 aliphatic carbocycles. The van der Waals surface area contributed by atoms with Crippen LogP contribution < -0.4 is 0 Å². The van der Waals surface area contributed by atoms with Crippen LogP contribution in [-0.4, -0.2) is 19.5 Å². The van der Waals surface area contributed by atoms with E-state index < -0.39 is 0 Å². The summed E-state index contributed by atoms with van der Waals surface area (Å²) in [4.78, 5) is 14.7. The number of nitrogens with zero attached hydrogens (tertiary/aromatic N) is 4. The van der Waals surface area contributed by atoms with E-state index in [4.69, 9.17) is 32.0 Å². The molecular formula is C39H22N4O2. The zero-order valence-electron chi connectivity index (χ0n) is 29.3. The highest BCUT2D eigenvalue weighted by Crippen LogP contribution is 2.36. The summed E-state index contributed by atoms with van der Waals surface area (Å²) in [6, 6.07) is 28.4. The van der Waals surface area contributed by atoms with Crippen molar-refractivity contribution in [2.75, 3.05) is 0 Å². The van der Waals surface area contributed by atoms with Gasteiger partial charge < -0.3 is 8.83 Å². The van der Waals surface area contributed by atoms with Gasteiger partial charge >= 0.3 is 0 Å². The minimum absolute atomic E-state index is 0.0423. The van der Waals surface area contributed by atoms with Crippen molar-refractivity contribution in [2.24, 2.45) is 0 Å². The smallest absolute Gasteiger partial charge is 0.238 e. The molecule has 45 heavy (non-hydrogen) atoms.